The van der Waals surface area contributed by atoms with Gasteiger partial charge in [0.25, 0.3) is 0 Å². The van der Waals surface area contributed by atoms with Crippen molar-refractivity contribution in [2.24, 2.45) is 0 Å². The standard InChI is InChI=1S/C19H25N3O/c1-14-10-16(11-15(2)19(14)23-3)13-22-9-8-21-12-18(22)17-4-6-20-7-5-17/h4-7,10-11,18,21H,8-9,12-13H2,1-3H3. The van der Waals surface area contributed by atoms with Gasteiger partial charge in [0.2, 0.25) is 0 Å². The number of pyridine rings is 1. The number of nitrogens with zero attached hydrogens (tertiary/aromatic N) is 2. The summed E-state index contributed by atoms with van der Waals surface area (Å²) in [6.07, 6.45) is 3.76. The highest BCUT2D eigenvalue weighted by atomic mass is 16.5. The molecular weight excluding hydrogens is 286 g/mol. The molecule has 1 N–H and O–H groups in total. The van der Waals surface area contributed by atoms with Crippen LogP contribution in [-0.4, -0.2) is 36.6 Å². The predicted octanol–water partition coefficient (Wildman–Crippen LogP) is 2.85. The van der Waals surface area contributed by atoms with Gasteiger partial charge in [0, 0.05) is 44.6 Å². The number of aromatic nitrogens is 1. The van der Waals surface area contributed by atoms with Crippen LogP contribution < -0.4 is 10.1 Å². The summed E-state index contributed by atoms with van der Waals surface area (Å²) >= 11 is 0. The SMILES string of the molecule is COc1c(C)cc(CN2CCNCC2c2ccncc2)cc1C. The fourth-order valence-corrected chi connectivity index (χ4v) is 3.54. The lowest BCUT2D eigenvalue weighted by Gasteiger charge is -2.36. The highest BCUT2D eigenvalue weighted by Crippen LogP contribution is 2.28. The lowest BCUT2D eigenvalue weighted by Crippen LogP contribution is -2.45. The number of ether oxygens (including phenoxy) is 1. The van der Waals surface area contributed by atoms with Gasteiger partial charge in [0.05, 0.1) is 7.11 Å². The molecule has 1 atom stereocenters. The maximum Gasteiger partial charge on any atom is 0.124 e. The molecule has 2 aromatic rings. The molecule has 0 spiro atoms. The zero-order valence-corrected chi connectivity index (χ0v) is 14.2. The van der Waals surface area contributed by atoms with E-state index < -0.39 is 0 Å². The van der Waals surface area contributed by atoms with E-state index in [1.807, 2.05) is 12.4 Å². The molecule has 2 heterocycles. The average molecular weight is 311 g/mol. The van der Waals surface area contributed by atoms with Crippen LogP contribution in [0, 0.1) is 13.8 Å². The highest BCUT2D eigenvalue weighted by molar-refractivity contribution is 5.43. The van der Waals surface area contributed by atoms with Crippen molar-refractivity contribution in [1.29, 1.82) is 0 Å². The van der Waals surface area contributed by atoms with Gasteiger partial charge in [-0.1, -0.05) is 12.1 Å². The van der Waals surface area contributed by atoms with E-state index >= 15 is 0 Å². The van der Waals surface area contributed by atoms with Crippen LogP contribution >= 0.6 is 0 Å². The van der Waals surface area contributed by atoms with Gasteiger partial charge in [-0.25, -0.2) is 0 Å². The fourth-order valence-electron chi connectivity index (χ4n) is 3.54. The van der Waals surface area contributed by atoms with E-state index in [0.717, 1.165) is 31.9 Å². The Balaban J connectivity index is 1.83. The lowest BCUT2D eigenvalue weighted by molar-refractivity contribution is 0.153. The van der Waals surface area contributed by atoms with Crippen LogP contribution in [0.15, 0.2) is 36.7 Å². The third kappa shape index (κ3) is 3.54. The molecule has 0 amide bonds. The van der Waals surface area contributed by atoms with E-state index in [-0.39, 0.29) is 0 Å². The molecule has 1 aliphatic rings. The van der Waals surface area contributed by atoms with E-state index in [4.69, 9.17) is 4.74 Å². The summed E-state index contributed by atoms with van der Waals surface area (Å²) in [5.41, 5.74) is 5.09. The number of nitrogens with one attached hydrogen (secondary N) is 1. The Bertz CT molecular complexity index is 634. The summed E-state index contributed by atoms with van der Waals surface area (Å²) < 4.78 is 5.48. The number of hydrogen-bond donors (Lipinski definition) is 1. The maximum absolute atomic E-state index is 5.48. The second-order valence-corrected chi connectivity index (χ2v) is 6.23. The van der Waals surface area contributed by atoms with Crippen LogP contribution in [-0.2, 0) is 6.54 Å². The monoisotopic (exact) mass is 311 g/mol. The molecule has 4 nitrogen and oxygen atoms in total. The number of methoxy groups -OCH3 is 1. The second kappa shape index (κ2) is 7.11. The average Bonchev–Trinajstić information content (AvgIpc) is 2.56. The van der Waals surface area contributed by atoms with E-state index in [1.54, 1.807) is 7.11 Å². The van der Waals surface area contributed by atoms with E-state index in [9.17, 15) is 0 Å². The van der Waals surface area contributed by atoms with Crippen molar-refractivity contribution in [3.63, 3.8) is 0 Å². The van der Waals surface area contributed by atoms with Gasteiger partial charge in [-0.05, 0) is 48.2 Å². The number of piperazine rings is 1. The third-order valence-electron chi connectivity index (χ3n) is 4.56. The summed E-state index contributed by atoms with van der Waals surface area (Å²) in [7, 11) is 1.74. The Morgan fingerprint density at radius 3 is 2.57 bits per heavy atom. The molecular formula is C19H25N3O. The van der Waals surface area contributed by atoms with Gasteiger partial charge in [0.1, 0.15) is 5.75 Å². The van der Waals surface area contributed by atoms with Gasteiger partial charge < -0.3 is 10.1 Å². The highest BCUT2D eigenvalue weighted by Gasteiger charge is 2.24. The lowest BCUT2D eigenvalue weighted by atomic mass is 10.0. The third-order valence-corrected chi connectivity index (χ3v) is 4.56. The van der Waals surface area contributed by atoms with Crippen molar-refractivity contribution in [1.82, 2.24) is 15.2 Å². The van der Waals surface area contributed by atoms with Gasteiger partial charge in [-0.15, -0.1) is 0 Å². The van der Waals surface area contributed by atoms with Crippen LogP contribution in [0.2, 0.25) is 0 Å². The van der Waals surface area contributed by atoms with Crippen LogP contribution in [0.5, 0.6) is 5.75 Å². The smallest absolute Gasteiger partial charge is 0.124 e. The molecule has 1 aromatic carbocycles. The molecule has 1 aliphatic heterocycles. The van der Waals surface area contributed by atoms with Gasteiger partial charge >= 0.3 is 0 Å². The minimum absolute atomic E-state index is 0.398. The Hall–Kier alpha value is -1.91. The topological polar surface area (TPSA) is 37.4 Å². The van der Waals surface area contributed by atoms with Gasteiger partial charge in [-0.3, -0.25) is 9.88 Å². The largest absolute Gasteiger partial charge is 0.496 e. The van der Waals surface area contributed by atoms with Crippen molar-refractivity contribution < 1.29 is 4.74 Å². The number of benzene rings is 1. The normalized spacial score (nSPS) is 18.8. The summed E-state index contributed by atoms with van der Waals surface area (Å²) in [4.78, 5) is 6.69. The van der Waals surface area contributed by atoms with Crippen molar-refractivity contribution in [2.45, 2.75) is 26.4 Å². The Morgan fingerprint density at radius 2 is 1.91 bits per heavy atom. The fraction of sp³-hybridized carbons (Fsp3) is 0.421. The first kappa shape index (κ1) is 16.0. The molecule has 3 rings (SSSR count). The van der Waals surface area contributed by atoms with E-state index in [2.05, 4.69) is 53.3 Å². The zero-order chi connectivity index (χ0) is 16.2. The van der Waals surface area contributed by atoms with Crippen molar-refractivity contribution in [3.8, 4) is 5.75 Å². The summed E-state index contributed by atoms with van der Waals surface area (Å²) in [6, 6.07) is 9.13. The van der Waals surface area contributed by atoms with Gasteiger partial charge in [-0.2, -0.15) is 0 Å². The minimum Gasteiger partial charge on any atom is -0.496 e. The number of rotatable bonds is 4. The van der Waals surface area contributed by atoms with Crippen molar-refractivity contribution in [2.75, 3.05) is 26.7 Å². The molecule has 0 aliphatic carbocycles. The first-order valence-corrected chi connectivity index (χ1v) is 8.18. The van der Waals surface area contributed by atoms with Crippen LogP contribution in [0.1, 0.15) is 28.3 Å². The Labute approximate surface area is 138 Å². The van der Waals surface area contributed by atoms with Crippen molar-refractivity contribution in [3.05, 3.63) is 58.9 Å². The minimum atomic E-state index is 0.398. The summed E-state index contributed by atoms with van der Waals surface area (Å²) in [5, 5.41) is 3.51. The molecule has 0 saturated carbocycles. The molecule has 1 aromatic heterocycles. The molecule has 1 saturated heterocycles. The molecule has 1 unspecified atom stereocenters. The molecule has 1 fully saturated rings. The quantitative estimate of drug-likeness (QED) is 0.942. The Morgan fingerprint density at radius 1 is 1.22 bits per heavy atom. The predicted molar refractivity (Wildman–Crippen MR) is 92.7 cm³/mol. The number of hydrogen-bond acceptors (Lipinski definition) is 4. The van der Waals surface area contributed by atoms with Crippen LogP contribution in [0.25, 0.3) is 0 Å². The van der Waals surface area contributed by atoms with E-state index in [1.165, 1.54) is 22.3 Å². The second-order valence-electron chi connectivity index (χ2n) is 6.23. The molecule has 0 bridgehead atoms. The maximum atomic E-state index is 5.48. The molecule has 23 heavy (non-hydrogen) atoms. The summed E-state index contributed by atoms with van der Waals surface area (Å²) in [5.74, 6) is 1.000. The zero-order valence-electron chi connectivity index (χ0n) is 14.2. The molecule has 0 radical (unpaired) electrons. The summed E-state index contributed by atoms with van der Waals surface area (Å²) in [6.45, 7) is 8.27. The number of aryl methyl sites for hydroxylation is 2. The first-order valence-electron chi connectivity index (χ1n) is 8.18. The van der Waals surface area contributed by atoms with Crippen LogP contribution in [0.3, 0.4) is 0 Å². The van der Waals surface area contributed by atoms with E-state index in [0.29, 0.717) is 6.04 Å². The molecule has 122 valence electrons. The van der Waals surface area contributed by atoms with Gasteiger partial charge in [0.15, 0.2) is 0 Å². The first-order chi connectivity index (χ1) is 11.2. The molecule has 4 heteroatoms. The van der Waals surface area contributed by atoms with Crippen LogP contribution in [0.4, 0.5) is 0 Å². The Kier molecular flexibility index (Phi) is 4.94. The van der Waals surface area contributed by atoms with Crippen molar-refractivity contribution >= 4 is 0 Å².